The van der Waals surface area contributed by atoms with Crippen molar-refractivity contribution < 1.29 is 4.79 Å². The fourth-order valence-corrected chi connectivity index (χ4v) is 5.18. The molecule has 2 saturated carbocycles. The van der Waals surface area contributed by atoms with Gasteiger partial charge in [-0.3, -0.25) is 4.79 Å². The van der Waals surface area contributed by atoms with Gasteiger partial charge in [-0.25, -0.2) is 9.97 Å². The van der Waals surface area contributed by atoms with E-state index in [0.29, 0.717) is 17.8 Å². The number of imidazole rings is 1. The third-order valence-electron chi connectivity index (χ3n) is 5.84. The lowest BCUT2D eigenvalue weighted by molar-refractivity contribution is 0.0894. The van der Waals surface area contributed by atoms with Crippen LogP contribution in [0.4, 0.5) is 5.13 Å². The van der Waals surface area contributed by atoms with Crippen molar-refractivity contribution in [2.24, 2.45) is 0 Å². The minimum atomic E-state index is -0.153. The molecule has 0 radical (unpaired) electrons. The van der Waals surface area contributed by atoms with Gasteiger partial charge in [-0.05, 0) is 45.4 Å². The molecule has 1 aliphatic heterocycles. The summed E-state index contributed by atoms with van der Waals surface area (Å²) in [4.78, 5) is 24.0. The Morgan fingerprint density at radius 3 is 3.00 bits per heavy atom. The number of rotatable bonds is 4. The van der Waals surface area contributed by atoms with Gasteiger partial charge in [0.05, 0.1) is 17.9 Å². The quantitative estimate of drug-likeness (QED) is 0.908. The Bertz CT molecular complexity index is 812. The van der Waals surface area contributed by atoms with Crippen molar-refractivity contribution in [3.8, 4) is 0 Å². The molecule has 3 fully saturated rings. The van der Waals surface area contributed by atoms with Crippen LogP contribution in [0, 0.1) is 6.92 Å². The van der Waals surface area contributed by atoms with E-state index in [9.17, 15) is 4.79 Å². The molecule has 0 bridgehead atoms. The number of hydrogen-bond acceptors (Lipinski definition) is 6. The first-order chi connectivity index (χ1) is 12.1. The van der Waals surface area contributed by atoms with Gasteiger partial charge in [-0.2, -0.15) is 4.37 Å². The average Bonchev–Trinajstić information content (AvgIpc) is 2.95. The van der Waals surface area contributed by atoms with Gasteiger partial charge in [0, 0.05) is 30.3 Å². The lowest BCUT2D eigenvalue weighted by Gasteiger charge is -2.32. The highest BCUT2D eigenvalue weighted by Crippen LogP contribution is 2.44. The SMILES string of the molecule is Cc1nsc(N2CCC3(NC(=O)c4cn(C5CC5)cn4)CCCC23)n1. The Balaban J connectivity index is 1.35. The maximum atomic E-state index is 12.8. The first kappa shape index (κ1) is 15.3. The number of aromatic nitrogens is 4. The number of nitrogens with zero attached hydrogens (tertiary/aromatic N) is 5. The molecule has 2 atom stereocenters. The highest BCUT2D eigenvalue weighted by atomic mass is 32.1. The van der Waals surface area contributed by atoms with E-state index in [1.54, 1.807) is 6.33 Å². The second-order valence-electron chi connectivity index (χ2n) is 7.52. The van der Waals surface area contributed by atoms with Crippen molar-refractivity contribution in [2.45, 2.75) is 63.1 Å². The normalized spacial score (nSPS) is 28.4. The van der Waals surface area contributed by atoms with Gasteiger partial charge in [-0.15, -0.1) is 0 Å². The summed E-state index contributed by atoms with van der Waals surface area (Å²) in [5.41, 5.74) is 0.386. The molecule has 3 aliphatic rings. The molecular formula is C17H22N6OS. The predicted molar refractivity (Wildman–Crippen MR) is 94.9 cm³/mol. The summed E-state index contributed by atoms with van der Waals surface area (Å²) in [6, 6.07) is 0.864. The maximum Gasteiger partial charge on any atom is 0.271 e. The maximum absolute atomic E-state index is 12.8. The van der Waals surface area contributed by atoms with E-state index in [1.165, 1.54) is 24.4 Å². The molecule has 1 amide bonds. The fraction of sp³-hybridized carbons (Fsp3) is 0.647. The minimum Gasteiger partial charge on any atom is -0.343 e. The molecule has 2 aromatic rings. The molecule has 3 heterocycles. The van der Waals surface area contributed by atoms with Crippen LogP contribution >= 0.6 is 11.5 Å². The van der Waals surface area contributed by atoms with Gasteiger partial charge in [0.1, 0.15) is 11.5 Å². The van der Waals surface area contributed by atoms with E-state index in [2.05, 4.69) is 29.1 Å². The van der Waals surface area contributed by atoms with Crippen LogP contribution < -0.4 is 10.2 Å². The number of anilines is 1. The van der Waals surface area contributed by atoms with Crippen LogP contribution in [0.1, 0.15) is 60.9 Å². The zero-order valence-corrected chi connectivity index (χ0v) is 15.1. The zero-order chi connectivity index (χ0) is 17.0. The standard InChI is InChI=1S/C17H22N6OS/c1-11-19-16(25-21-11)23-8-7-17(6-2-3-14(17)23)20-15(24)13-9-22(10-18-13)12-4-5-12/h9-10,12,14H,2-8H2,1H3,(H,20,24). The molecule has 1 saturated heterocycles. The lowest BCUT2D eigenvalue weighted by atomic mass is 9.93. The van der Waals surface area contributed by atoms with Gasteiger partial charge in [0.25, 0.3) is 5.91 Å². The number of hydrogen-bond donors (Lipinski definition) is 1. The predicted octanol–water partition coefficient (Wildman–Crippen LogP) is 2.31. The van der Waals surface area contributed by atoms with Crippen molar-refractivity contribution in [1.82, 2.24) is 24.2 Å². The Labute approximate surface area is 150 Å². The summed E-state index contributed by atoms with van der Waals surface area (Å²) >= 11 is 1.46. The molecule has 25 heavy (non-hydrogen) atoms. The number of aryl methyl sites for hydroxylation is 1. The van der Waals surface area contributed by atoms with Gasteiger partial charge in [0.2, 0.25) is 5.13 Å². The second kappa shape index (κ2) is 5.52. The molecule has 0 spiro atoms. The van der Waals surface area contributed by atoms with E-state index in [4.69, 9.17) is 0 Å². The Hall–Kier alpha value is -1.96. The van der Waals surface area contributed by atoms with Crippen LogP contribution in [0.5, 0.6) is 0 Å². The molecule has 132 valence electrons. The lowest BCUT2D eigenvalue weighted by Crippen LogP contribution is -2.53. The van der Waals surface area contributed by atoms with Crippen molar-refractivity contribution >= 4 is 22.6 Å². The Morgan fingerprint density at radius 1 is 1.36 bits per heavy atom. The van der Waals surface area contributed by atoms with Crippen LogP contribution in [0.25, 0.3) is 0 Å². The smallest absolute Gasteiger partial charge is 0.271 e. The molecule has 1 N–H and O–H groups in total. The largest absolute Gasteiger partial charge is 0.343 e. The molecule has 2 aliphatic carbocycles. The molecular weight excluding hydrogens is 336 g/mol. The van der Waals surface area contributed by atoms with Crippen LogP contribution in [-0.4, -0.2) is 42.9 Å². The van der Waals surface area contributed by atoms with Crippen molar-refractivity contribution in [2.75, 3.05) is 11.4 Å². The van der Waals surface area contributed by atoms with Crippen molar-refractivity contribution in [3.63, 3.8) is 0 Å². The van der Waals surface area contributed by atoms with Crippen LogP contribution in [-0.2, 0) is 0 Å². The molecule has 5 rings (SSSR count). The third-order valence-corrected chi connectivity index (χ3v) is 6.69. The van der Waals surface area contributed by atoms with Crippen LogP contribution in [0.15, 0.2) is 12.5 Å². The fourth-order valence-electron chi connectivity index (χ4n) is 4.43. The monoisotopic (exact) mass is 358 g/mol. The molecule has 2 aromatic heterocycles. The Kier molecular flexibility index (Phi) is 3.38. The number of carbonyl (C=O) groups excluding carboxylic acids is 1. The summed E-state index contributed by atoms with van der Waals surface area (Å²) < 4.78 is 6.39. The van der Waals surface area contributed by atoms with E-state index in [1.807, 2.05) is 13.1 Å². The van der Waals surface area contributed by atoms with E-state index in [0.717, 1.165) is 43.2 Å². The number of fused-ring (bicyclic) bond motifs is 1. The second-order valence-corrected chi connectivity index (χ2v) is 8.25. The summed E-state index contributed by atoms with van der Waals surface area (Å²) in [5, 5.41) is 4.33. The van der Waals surface area contributed by atoms with Crippen molar-refractivity contribution in [1.29, 1.82) is 0 Å². The number of carbonyl (C=O) groups is 1. The van der Waals surface area contributed by atoms with Crippen LogP contribution in [0.2, 0.25) is 0 Å². The van der Waals surface area contributed by atoms with Crippen molar-refractivity contribution in [3.05, 3.63) is 24.0 Å². The highest BCUT2D eigenvalue weighted by Gasteiger charge is 2.52. The first-order valence-electron chi connectivity index (χ1n) is 9.08. The summed E-state index contributed by atoms with van der Waals surface area (Å²) in [7, 11) is 0. The molecule has 7 nitrogen and oxygen atoms in total. The minimum absolute atomic E-state index is 0.0402. The van der Waals surface area contributed by atoms with Gasteiger partial charge in [0.15, 0.2) is 0 Å². The highest BCUT2D eigenvalue weighted by molar-refractivity contribution is 7.09. The molecule has 2 unspecified atom stereocenters. The zero-order valence-electron chi connectivity index (χ0n) is 14.3. The average molecular weight is 358 g/mol. The molecule has 0 aromatic carbocycles. The van der Waals surface area contributed by atoms with Gasteiger partial charge in [-0.1, -0.05) is 0 Å². The summed E-state index contributed by atoms with van der Waals surface area (Å²) in [5.74, 6) is 0.784. The topological polar surface area (TPSA) is 75.9 Å². The number of amides is 1. The summed E-state index contributed by atoms with van der Waals surface area (Å²) in [6.07, 6.45) is 10.3. The first-order valence-corrected chi connectivity index (χ1v) is 9.85. The Morgan fingerprint density at radius 2 is 2.24 bits per heavy atom. The van der Waals surface area contributed by atoms with E-state index in [-0.39, 0.29) is 11.4 Å². The molecule has 8 heteroatoms. The van der Waals surface area contributed by atoms with E-state index < -0.39 is 0 Å². The number of nitrogens with one attached hydrogen (secondary N) is 1. The van der Waals surface area contributed by atoms with Crippen LogP contribution in [0.3, 0.4) is 0 Å². The summed E-state index contributed by atoms with van der Waals surface area (Å²) in [6.45, 7) is 2.85. The van der Waals surface area contributed by atoms with Gasteiger partial charge < -0.3 is 14.8 Å². The third kappa shape index (κ3) is 2.54. The van der Waals surface area contributed by atoms with E-state index >= 15 is 0 Å². The van der Waals surface area contributed by atoms with Gasteiger partial charge >= 0.3 is 0 Å².